The van der Waals surface area contributed by atoms with Gasteiger partial charge in [-0.15, -0.1) is 0 Å². The number of carbonyl (C=O) groups excluding carboxylic acids is 1. The quantitative estimate of drug-likeness (QED) is 0.889. The lowest BCUT2D eigenvalue weighted by Gasteiger charge is -2.38. The predicted molar refractivity (Wildman–Crippen MR) is 76.1 cm³/mol. The zero-order chi connectivity index (χ0) is 13.9. The summed E-state index contributed by atoms with van der Waals surface area (Å²) in [6.45, 7) is 7.34. The first-order valence-corrected chi connectivity index (χ1v) is 6.90. The van der Waals surface area contributed by atoms with E-state index in [1.807, 2.05) is 51.1 Å². The molecule has 1 aromatic rings. The number of ether oxygens (including phenoxy) is 1. The van der Waals surface area contributed by atoms with E-state index in [1.165, 1.54) is 0 Å². The average Bonchev–Trinajstić information content (AvgIpc) is 2.38. The van der Waals surface area contributed by atoms with Crippen molar-refractivity contribution in [1.29, 1.82) is 0 Å². The molecule has 3 nitrogen and oxygen atoms in total. The highest BCUT2D eigenvalue weighted by Gasteiger charge is 2.42. The molecule has 0 atom stereocenters. The second-order valence-electron chi connectivity index (χ2n) is 6.26. The van der Waals surface area contributed by atoms with Gasteiger partial charge in [-0.05, 0) is 39.2 Å². The minimum Gasteiger partial charge on any atom is -0.381 e. The van der Waals surface area contributed by atoms with Crippen LogP contribution in [0.2, 0.25) is 0 Å². The summed E-state index contributed by atoms with van der Waals surface area (Å²) in [5, 5.41) is 3.13. The molecular formula is C16H23NO2. The number of hydrogen-bond donors (Lipinski definition) is 1. The van der Waals surface area contributed by atoms with Crippen molar-refractivity contribution >= 4 is 5.91 Å². The predicted octanol–water partition coefficient (Wildman–Crippen LogP) is 2.65. The standard InChI is InChI=1S/C16H23NO2/c1-15(2,3)17-14(18)16(9-11-19-12-10-16)13-7-5-4-6-8-13/h4-8H,9-12H2,1-3H3,(H,17,18). The molecule has 1 amide bonds. The Morgan fingerprint density at radius 2 is 1.74 bits per heavy atom. The van der Waals surface area contributed by atoms with E-state index in [0.717, 1.165) is 18.4 Å². The van der Waals surface area contributed by atoms with E-state index in [1.54, 1.807) is 0 Å². The van der Waals surface area contributed by atoms with E-state index in [9.17, 15) is 4.79 Å². The lowest BCUT2D eigenvalue weighted by molar-refractivity contribution is -0.132. The average molecular weight is 261 g/mol. The highest BCUT2D eigenvalue weighted by molar-refractivity contribution is 5.88. The molecule has 1 fully saturated rings. The topological polar surface area (TPSA) is 38.3 Å². The number of carbonyl (C=O) groups is 1. The van der Waals surface area contributed by atoms with Gasteiger partial charge in [0.1, 0.15) is 0 Å². The molecule has 0 spiro atoms. The fourth-order valence-corrected chi connectivity index (χ4v) is 2.58. The van der Waals surface area contributed by atoms with Gasteiger partial charge in [0.05, 0.1) is 5.41 Å². The van der Waals surface area contributed by atoms with Crippen molar-refractivity contribution in [3.63, 3.8) is 0 Å². The highest BCUT2D eigenvalue weighted by Crippen LogP contribution is 2.35. The van der Waals surface area contributed by atoms with Gasteiger partial charge in [-0.2, -0.15) is 0 Å². The Morgan fingerprint density at radius 3 is 2.26 bits per heavy atom. The molecule has 1 aromatic carbocycles. The molecule has 0 aromatic heterocycles. The van der Waals surface area contributed by atoms with Crippen LogP contribution in [0.15, 0.2) is 30.3 Å². The van der Waals surface area contributed by atoms with Gasteiger partial charge in [-0.1, -0.05) is 30.3 Å². The van der Waals surface area contributed by atoms with Crippen molar-refractivity contribution in [1.82, 2.24) is 5.32 Å². The molecule has 0 bridgehead atoms. The number of nitrogens with one attached hydrogen (secondary N) is 1. The number of benzene rings is 1. The maximum absolute atomic E-state index is 12.8. The Labute approximate surface area is 115 Å². The molecule has 104 valence electrons. The van der Waals surface area contributed by atoms with E-state index >= 15 is 0 Å². The highest BCUT2D eigenvalue weighted by atomic mass is 16.5. The minimum absolute atomic E-state index is 0.120. The van der Waals surface area contributed by atoms with Crippen LogP contribution in [0.4, 0.5) is 0 Å². The van der Waals surface area contributed by atoms with E-state index in [4.69, 9.17) is 4.74 Å². The summed E-state index contributed by atoms with van der Waals surface area (Å²) in [7, 11) is 0. The molecule has 0 aliphatic carbocycles. The van der Waals surface area contributed by atoms with Crippen LogP contribution in [-0.2, 0) is 14.9 Å². The normalized spacial score (nSPS) is 18.9. The fourth-order valence-electron chi connectivity index (χ4n) is 2.58. The van der Waals surface area contributed by atoms with Crippen LogP contribution in [0.25, 0.3) is 0 Å². The largest absolute Gasteiger partial charge is 0.381 e. The maximum Gasteiger partial charge on any atom is 0.231 e. The third kappa shape index (κ3) is 3.16. The van der Waals surface area contributed by atoms with Crippen molar-refractivity contribution in [3.8, 4) is 0 Å². The summed E-state index contributed by atoms with van der Waals surface area (Å²) < 4.78 is 5.45. The summed E-state index contributed by atoms with van der Waals surface area (Å²) in [6.07, 6.45) is 1.50. The minimum atomic E-state index is -0.438. The Hall–Kier alpha value is -1.35. The summed E-state index contributed by atoms with van der Waals surface area (Å²) in [6, 6.07) is 10.1. The third-order valence-corrected chi connectivity index (χ3v) is 3.60. The van der Waals surface area contributed by atoms with Gasteiger partial charge in [-0.3, -0.25) is 4.79 Å². The zero-order valence-corrected chi connectivity index (χ0v) is 12.0. The SMILES string of the molecule is CC(C)(C)NC(=O)C1(c2ccccc2)CCOCC1. The van der Waals surface area contributed by atoms with Crippen molar-refractivity contribution in [3.05, 3.63) is 35.9 Å². The van der Waals surface area contributed by atoms with Crippen molar-refractivity contribution in [2.75, 3.05) is 13.2 Å². The van der Waals surface area contributed by atoms with E-state index in [0.29, 0.717) is 13.2 Å². The van der Waals surface area contributed by atoms with E-state index < -0.39 is 5.41 Å². The molecule has 1 heterocycles. The Morgan fingerprint density at radius 1 is 1.16 bits per heavy atom. The van der Waals surface area contributed by atoms with Gasteiger partial charge in [0.2, 0.25) is 5.91 Å². The molecule has 1 aliphatic rings. The van der Waals surface area contributed by atoms with Gasteiger partial charge in [0.15, 0.2) is 0 Å². The van der Waals surface area contributed by atoms with Gasteiger partial charge in [0, 0.05) is 18.8 Å². The smallest absolute Gasteiger partial charge is 0.231 e. The maximum atomic E-state index is 12.8. The van der Waals surface area contributed by atoms with E-state index in [2.05, 4.69) is 5.32 Å². The summed E-state index contributed by atoms with van der Waals surface area (Å²) in [5.41, 5.74) is 0.448. The second kappa shape index (κ2) is 5.33. The molecule has 19 heavy (non-hydrogen) atoms. The number of hydrogen-bond acceptors (Lipinski definition) is 2. The van der Waals surface area contributed by atoms with Crippen molar-refractivity contribution in [2.24, 2.45) is 0 Å². The molecule has 0 saturated carbocycles. The number of amides is 1. The van der Waals surface area contributed by atoms with Gasteiger partial charge in [0.25, 0.3) is 0 Å². The van der Waals surface area contributed by atoms with Crippen molar-refractivity contribution < 1.29 is 9.53 Å². The van der Waals surface area contributed by atoms with Gasteiger partial charge >= 0.3 is 0 Å². The lowest BCUT2D eigenvalue weighted by Crippen LogP contribution is -2.53. The monoisotopic (exact) mass is 261 g/mol. The van der Waals surface area contributed by atoms with Crippen LogP contribution in [0.5, 0.6) is 0 Å². The summed E-state index contributed by atoms with van der Waals surface area (Å²) in [5.74, 6) is 0.120. The Kier molecular flexibility index (Phi) is 3.95. The Bertz CT molecular complexity index is 428. The third-order valence-electron chi connectivity index (χ3n) is 3.60. The molecule has 1 saturated heterocycles. The summed E-state index contributed by atoms with van der Waals surface area (Å²) in [4.78, 5) is 12.8. The van der Waals surface area contributed by atoms with Crippen LogP contribution in [0.3, 0.4) is 0 Å². The van der Waals surface area contributed by atoms with Crippen molar-refractivity contribution in [2.45, 2.75) is 44.6 Å². The van der Waals surface area contributed by atoms with Crippen LogP contribution in [0, 0.1) is 0 Å². The van der Waals surface area contributed by atoms with E-state index in [-0.39, 0.29) is 11.4 Å². The molecule has 1 N–H and O–H groups in total. The van der Waals surface area contributed by atoms with Crippen LogP contribution < -0.4 is 5.32 Å². The molecule has 0 unspecified atom stereocenters. The fraction of sp³-hybridized carbons (Fsp3) is 0.562. The molecule has 2 rings (SSSR count). The molecule has 0 radical (unpaired) electrons. The van der Waals surface area contributed by atoms with Gasteiger partial charge < -0.3 is 10.1 Å². The first-order valence-electron chi connectivity index (χ1n) is 6.90. The molecule has 3 heteroatoms. The molecular weight excluding hydrogens is 238 g/mol. The zero-order valence-electron chi connectivity index (χ0n) is 12.0. The Balaban J connectivity index is 2.32. The van der Waals surface area contributed by atoms with Crippen LogP contribution in [0.1, 0.15) is 39.2 Å². The first kappa shape index (κ1) is 14.1. The summed E-state index contributed by atoms with van der Waals surface area (Å²) >= 11 is 0. The van der Waals surface area contributed by atoms with Crippen LogP contribution >= 0.6 is 0 Å². The first-order chi connectivity index (χ1) is 8.94. The van der Waals surface area contributed by atoms with Crippen LogP contribution in [-0.4, -0.2) is 24.7 Å². The lowest BCUT2D eigenvalue weighted by atomic mass is 9.73. The second-order valence-corrected chi connectivity index (χ2v) is 6.26. The van der Waals surface area contributed by atoms with Gasteiger partial charge in [-0.25, -0.2) is 0 Å². The number of rotatable bonds is 2. The molecule has 1 aliphatic heterocycles.